The number of anilines is 1. The highest BCUT2D eigenvalue weighted by Gasteiger charge is 2.20. The van der Waals surface area contributed by atoms with Gasteiger partial charge in [-0.25, -0.2) is 8.78 Å². The van der Waals surface area contributed by atoms with E-state index in [-0.39, 0.29) is 15.7 Å². The zero-order valence-corrected chi connectivity index (χ0v) is 10.3. The summed E-state index contributed by atoms with van der Waals surface area (Å²) in [6.07, 6.45) is -4.88. The Hall–Kier alpha value is -1.18. The Balaban J connectivity index is 2.93. The number of rotatable bonds is 5. The number of nitrogens with zero attached hydrogens (tertiary/aromatic N) is 1. The molecule has 1 aromatic rings. The van der Waals surface area contributed by atoms with Gasteiger partial charge in [0, 0.05) is 12.6 Å². The minimum Gasteiger partial charge on any atom is -0.385 e. The summed E-state index contributed by atoms with van der Waals surface area (Å²) in [5.41, 5.74) is -0.500. The summed E-state index contributed by atoms with van der Waals surface area (Å²) in [5.74, 6) is 0. The number of nitrogens with one attached hydrogen (secondary N) is 1. The molecule has 0 aliphatic carbocycles. The van der Waals surface area contributed by atoms with Crippen molar-refractivity contribution in [3.05, 3.63) is 32.3 Å². The van der Waals surface area contributed by atoms with Gasteiger partial charge in [0.2, 0.25) is 0 Å². The van der Waals surface area contributed by atoms with E-state index in [2.05, 4.69) is 5.32 Å². The lowest BCUT2D eigenvalue weighted by atomic mass is 10.2. The number of hydrogen-bond acceptors (Lipinski definition) is 4. The lowest BCUT2D eigenvalue weighted by Gasteiger charge is -2.12. The molecule has 0 bridgehead atoms. The van der Waals surface area contributed by atoms with E-state index in [1.54, 1.807) is 0 Å². The second-order valence-electron chi connectivity index (χ2n) is 3.32. The summed E-state index contributed by atoms with van der Waals surface area (Å²) in [4.78, 5) is 9.98. The molecule has 18 heavy (non-hydrogen) atoms. The lowest BCUT2D eigenvalue weighted by molar-refractivity contribution is -0.383. The minimum atomic E-state index is -2.95. The Bertz CT molecular complexity index is 460. The highest BCUT2D eigenvalue weighted by molar-refractivity contribution is 6.42. The second-order valence-corrected chi connectivity index (χ2v) is 4.14. The lowest BCUT2D eigenvalue weighted by Crippen LogP contribution is -2.27. The Morgan fingerprint density at radius 2 is 1.94 bits per heavy atom. The molecule has 0 aliphatic rings. The van der Waals surface area contributed by atoms with Crippen molar-refractivity contribution >= 4 is 34.6 Å². The normalized spacial score (nSPS) is 12.6. The minimum absolute atomic E-state index is 0.0247. The van der Waals surface area contributed by atoms with Gasteiger partial charge in [-0.1, -0.05) is 23.2 Å². The molecule has 5 nitrogen and oxygen atoms in total. The Kier molecular flexibility index (Phi) is 5.06. The van der Waals surface area contributed by atoms with Gasteiger partial charge in [0.15, 0.2) is 0 Å². The molecule has 2 N–H and O–H groups in total. The average Bonchev–Trinajstić information content (AvgIpc) is 2.29. The third-order valence-electron chi connectivity index (χ3n) is 2.03. The summed E-state index contributed by atoms with van der Waals surface area (Å²) in [6, 6.07) is 2.14. The standard InChI is InChI=1S/C9H8Cl2F2N2O3/c10-4-1-6(14-3-8(16)9(12)13)7(15(17)18)2-5(4)11/h1-2,8-9,14,16H,3H2. The van der Waals surface area contributed by atoms with Crippen molar-refractivity contribution in [1.82, 2.24) is 0 Å². The van der Waals surface area contributed by atoms with Gasteiger partial charge in [0.25, 0.3) is 12.1 Å². The number of aliphatic hydroxyl groups is 1. The van der Waals surface area contributed by atoms with Crippen LogP contribution in [-0.2, 0) is 0 Å². The van der Waals surface area contributed by atoms with E-state index in [9.17, 15) is 18.9 Å². The molecule has 0 heterocycles. The maximum Gasteiger partial charge on any atom is 0.293 e. The van der Waals surface area contributed by atoms with Crippen molar-refractivity contribution in [2.24, 2.45) is 0 Å². The van der Waals surface area contributed by atoms with Crippen LogP contribution < -0.4 is 5.32 Å². The topological polar surface area (TPSA) is 75.4 Å². The number of benzene rings is 1. The highest BCUT2D eigenvalue weighted by atomic mass is 35.5. The van der Waals surface area contributed by atoms with E-state index in [1.807, 2.05) is 0 Å². The van der Waals surface area contributed by atoms with Crippen LogP contribution in [0.3, 0.4) is 0 Å². The van der Waals surface area contributed by atoms with Gasteiger partial charge in [-0.2, -0.15) is 0 Å². The first-order chi connectivity index (χ1) is 8.32. The molecular formula is C9H8Cl2F2N2O3. The van der Waals surface area contributed by atoms with E-state index < -0.39 is 29.7 Å². The SMILES string of the molecule is O=[N+]([O-])c1cc(Cl)c(Cl)cc1NCC(O)C(F)F. The van der Waals surface area contributed by atoms with Crippen LogP contribution in [0.25, 0.3) is 0 Å². The van der Waals surface area contributed by atoms with E-state index in [0.29, 0.717) is 0 Å². The smallest absolute Gasteiger partial charge is 0.293 e. The fourth-order valence-electron chi connectivity index (χ4n) is 1.13. The molecule has 1 aromatic carbocycles. The van der Waals surface area contributed by atoms with Gasteiger partial charge in [-0.15, -0.1) is 0 Å². The fourth-order valence-corrected chi connectivity index (χ4v) is 1.45. The van der Waals surface area contributed by atoms with Crippen LogP contribution in [0, 0.1) is 10.1 Å². The van der Waals surface area contributed by atoms with Crippen molar-refractivity contribution < 1.29 is 18.8 Å². The molecule has 1 rings (SSSR count). The maximum atomic E-state index is 12.1. The molecule has 0 radical (unpaired) electrons. The van der Waals surface area contributed by atoms with Crippen LogP contribution in [0.15, 0.2) is 12.1 Å². The molecule has 0 spiro atoms. The molecule has 0 saturated carbocycles. The van der Waals surface area contributed by atoms with Crippen LogP contribution in [0.4, 0.5) is 20.2 Å². The zero-order valence-electron chi connectivity index (χ0n) is 8.74. The van der Waals surface area contributed by atoms with E-state index in [4.69, 9.17) is 28.3 Å². The van der Waals surface area contributed by atoms with Crippen LogP contribution in [-0.4, -0.2) is 29.1 Å². The first kappa shape index (κ1) is 14.9. The molecule has 100 valence electrons. The maximum absolute atomic E-state index is 12.1. The van der Waals surface area contributed by atoms with E-state index in [0.717, 1.165) is 12.1 Å². The van der Waals surface area contributed by atoms with E-state index in [1.165, 1.54) is 0 Å². The predicted octanol–water partition coefficient (Wildman–Crippen LogP) is 2.94. The van der Waals surface area contributed by atoms with Crippen molar-refractivity contribution in [1.29, 1.82) is 0 Å². The summed E-state index contributed by atoms with van der Waals surface area (Å²) in [6.45, 7) is -0.545. The molecule has 0 aromatic heterocycles. The predicted molar refractivity (Wildman–Crippen MR) is 63.6 cm³/mol. The number of aliphatic hydroxyl groups excluding tert-OH is 1. The Labute approximate surface area is 110 Å². The van der Waals surface area contributed by atoms with Crippen LogP contribution in [0.5, 0.6) is 0 Å². The third kappa shape index (κ3) is 3.66. The number of halogens is 4. The molecule has 0 fully saturated rings. The quantitative estimate of drug-likeness (QED) is 0.647. The summed E-state index contributed by atoms with van der Waals surface area (Å²) >= 11 is 11.3. The molecule has 0 aliphatic heterocycles. The number of alkyl halides is 2. The van der Waals surface area contributed by atoms with Crippen molar-refractivity contribution in [3.63, 3.8) is 0 Å². The number of hydrogen-bond donors (Lipinski definition) is 2. The largest absolute Gasteiger partial charge is 0.385 e. The van der Waals surface area contributed by atoms with Crippen molar-refractivity contribution in [2.75, 3.05) is 11.9 Å². The first-order valence-electron chi connectivity index (χ1n) is 4.66. The average molecular weight is 301 g/mol. The third-order valence-corrected chi connectivity index (χ3v) is 2.75. The molecule has 1 unspecified atom stereocenters. The van der Waals surface area contributed by atoms with Crippen LogP contribution >= 0.6 is 23.2 Å². The number of nitro groups is 1. The van der Waals surface area contributed by atoms with Gasteiger partial charge < -0.3 is 10.4 Å². The summed E-state index contributed by atoms with van der Waals surface area (Å²) in [5, 5.41) is 22.0. The van der Waals surface area contributed by atoms with Crippen molar-refractivity contribution in [3.8, 4) is 0 Å². The molecule has 1 atom stereocenters. The van der Waals surface area contributed by atoms with Crippen LogP contribution in [0.1, 0.15) is 0 Å². The zero-order chi connectivity index (χ0) is 13.9. The van der Waals surface area contributed by atoms with Crippen molar-refractivity contribution in [2.45, 2.75) is 12.5 Å². The monoisotopic (exact) mass is 300 g/mol. The van der Waals surface area contributed by atoms with Crippen LogP contribution in [0.2, 0.25) is 10.0 Å². The fraction of sp³-hybridized carbons (Fsp3) is 0.333. The molecule has 0 saturated heterocycles. The van der Waals surface area contributed by atoms with Gasteiger partial charge in [-0.05, 0) is 6.07 Å². The second kappa shape index (κ2) is 6.12. The highest BCUT2D eigenvalue weighted by Crippen LogP contribution is 2.33. The Morgan fingerprint density at radius 3 is 2.44 bits per heavy atom. The molecule has 0 amide bonds. The molecular weight excluding hydrogens is 293 g/mol. The summed E-state index contributed by atoms with van der Waals surface area (Å²) in [7, 11) is 0. The summed E-state index contributed by atoms with van der Waals surface area (Å²) < 4.78 is 24.1. The first-order valence-corrected chi connectivity index (χ1v) is 5.42. The van der Waals surface area contributed by atoms with Gasteiger partial charge in [-0.3, -0.25) is 10.1 Å². The Morgan fingerprint density at radius 1 is 1.39 bits per heavy atom. The van der Waals surface area contributed by atoms with Gasteiger partial charge in [0.05, 0.1) is 15.0 Å². The van der Waals surface area contributed by atoms with Gasteiger partial charge >= 0.3 is 0 Å². The van der Waals surface area contributed by atoms with Gasteiger partial charge in [0.1, 0.15) is 11.8 Å². The molecule has 9 heteroatoms. The number of nitro benzene ring substituents is 1. The van der Waals surface area contributed by atoms with E-state index >= 15 is 0 Å².